The Morgan fingerprint density at radius 1 is 1.57 bits per heavy atom. The molecular weight excluding hydrogens is 185 g/mol. The lowest BCUT2D eigenvalue weighted by atomic mass is 10.00. The molecule has 0 aromatic heterocycles. The van der Waals surface area contributed by atoms with E-state index < -0.39 is 5.82 Å². The average Bonchev–Trinajstić information content (AvgIpc) is 2.19. The van der Waals surface area contributed by atoms with Crippen LogP contribution in [-0.2, 0) is 0 Å². The quantitative estimate of drug-likeness (QED) is 0.744. The van der Waals surface area contributed by atoms with E-state index in [1.165, 1.54) is 13.2 Å². The molecule has 4 heteroatoms. The zero-order chi connectivity index (χ0) is 10.1. The molecular formula is C10H12FNO2. The summed E-state index contributed by atoms with van der Waals surface area (Å²) < 4.78 is 23.7. The third-order valence-electron chi connectivity index (χ3n) is 2.37. The standard InChI is InChI=1S/C10H12FNO2/c1-13-10-6(11)2-3-8-9(10)7(12)4-5-14-8/h2-3,7H,4-5,12H2,1H3. The fourth-order valence-electron chi connectivity index (χ4n) is 1.68. The number of methoxy groups -OCH3 is 1. The molecule has 0 spiro atoms. The molecule has 2 rings (SSSR count). The highest BCUT2D eigenvalue weighted by Gasteiger charge is 2.24. The van der Waals surface area contributed by atoms with Crippen LogP contribution >= 0.6 is 0 Å². The van der Waals surface area contributed by atoms with Gasteiger partial charge in [-0.15, -0.1) is 0 Å². The van der Waals surface area contributed by atoms with Crippen LogP contribution in [0.4, 0.5) is 4.39 Å². The van der Waals surface area contributed by atoms with Gasteiger partial charge in [-0.3, -0.25) is 0 Å². The predicted octanol–water partition coefficient (Wildman–Crippen LogP) is 1.62. The van der Waals surface area contributed by atoms with E-state index >= 15 is 0 Å². The Balaban J connectivity index is 2.57. The Morgan fingerprint density at radius 2 is 2.36 bits per heavy atom. The maximum Gasteiger partial charge on any atom is 0.165 e. The van der Waals surface area contributed by atoms with Crippen molar-refractivity contribution >= 4 is 0 Å². The van der Waals surface area contributed by atoms with Crippen molar-refractivity contribution in [3.05, 3.63) is 23.5 Å². The molecule has 0 radical (unpaired) electrons. The van der Waals surface area contributed by atoms with Gasteiger partial charge in [-0.1, -0.05) is 0 Å². The maximum atomic E-state index is 13.3. The first-order valence-electron chi connectivity index (χ1n) is 4.49. The molecule has 1 aromatic carbocycles. The number of halogens is 1. The summed E-state index contributed by atoms with van der Waals surface area (Å²) in [4.78, 5) is 0. The molecule has 1 heterocycles. The van der Waals surface area contributed by atoms with E-state index in [1.54, 1.807) is 6.07 Å². The second-order valence-electron chi connectivity index (χ2n) is 3.24. The Labute approximate surface area is 81.6 Å². The number of ether oxygens (including phenoxy) is 2. The van der Waals surface area contributed by atoms with Gasteiger partial charge >= 0.3 is 0 Å². The van der Waals surface area contributed by atoms with Crippen LogP contribution in [0.2, 0.25) is 0 Å². The summed E-state index contributed by atoms with van der Waals surface area (Å²) in [5.41, 5.74) is 6.50. The van der Waals surface area contributed by atoms with Gasteiger partial charge in [0, 0.05) is 12.5 Å². The predicted molar refractivity (Wildman–Crippen MR) is 50.0 cm³/mol. The molecule has 0 aliphatic carbocycles. The summed E-state index contributed by atoms with van der Waals surface area (Å²) >= 11 is 0. The third-order valence-corrected chi connectivity index (χ3v) is 2.37. The SMILES string of the molecule is COc1c(F)ccc2c1C(N)CCO2. The van der Waals surface area contributed by atoms with Crippen molar-refractivity contribution in [2.45, 2.75) is 12.5 Å². The minimum atomic E-state index is -0.396. The van der Waals surface area contributed by atoms with Crippen LogP contribution in [0.15, 0.2) is 12.1 Å². The van der Waals surface area contributed by atoms with Gasteiger partial charge in [0.2, 0.25) is 0 Å². The van der Waals surface area contributed by atoms with Gasteiger partial charge in [0.15, 0.2) is 11.6 Å². The van der Waals surface area contributed by atoms with E-state index in [2.05, 4.69) is 0 Å². The van der Waals surface area contributed by atoms with Crippen LogP contribution in [0.1, 0.15) is 18.0 Å². The summed E-state index contributed by atoms with van der Waals surface area (Å²) in [6.45, 7) is 0.572. The molecule has 1 unspecified atom stereocenters. The molecule has 14 heavy (non-hydrogen) atoms. The van der Waals surface area contributed by atoms with Crippen molar-refractivity contribution in [3.63, 3.8) is 0 Å². The van der Waals surface area contributed by atoms with E-state index in [9.17, 15) is 4.39 Å². The number of hydrogen-bond acceptors (Lipinski definition) is 3. The van der Waals surface area contributed by atoms with Crippen LogP contribution in [0, 0.1) is 5.82 Å². The van der Waals surface area contributed by atoms with Crippen LogP contribution in [0.5, 0.6) is 11.5 Å². The number of benzene rings is 1. The summed E-state index contributed by atoms with van der Waals surface area (Å²) in [6, 6.07) is 2.71. The fraction of sp³-hybridized carbons (Fsp3) is 0.400. The monoisotopic (exact) mass is 197 g/mol. The van der Waals surface area contributed by atoms with Gasteiger partial charge < -0.3 is 15.2 Å². The number of nitrogens with two attached hydrogens (primary N) is 1. The first-order valence-corrected chi connectivity index (χ1v) is 4.49. The lowest BCUT2D eigenvalue weighted by Gasteiger charge is -2.24. The van der Waals surface area contributed by atoms with E-state index in [-0.39, 0.29) is 11.8 Å². The molecule has 1 atom stereocenters. The zero-order valence-electron chi connectivity index (χ0n) is 7.92. The minimum absolute atomic E-state index is 0.203. The van der Waals surface area contributed by atoms with Gasteiger partial charge in [-0.2, -0.15) is 0 Å². The van der Waals surface area contributed by atoms with Crippen LogP contribution in [0.3, 0.4) is 0 Å². The van der Waals surface area contributed by atoms with Crippen LogP contribution < -0.4 is 15.2 Å². The Morgan fingerprint density at radius 3 is 3.07 bits per heavy atom. The average molecular weight is 197 g/mol. The molecule has 0 bridgehead atoms. The van der Waals surface area contributed by atoms with E-state index in [0.29, 0.717) is 24.3 Å². The molecule has 76 valence electrons. The van der Waals surface area contributed by atoms with Crippen molar-refractivity contribution < 1.29 is 13.9 Å². The first kappa shape index (κ1) is 9.27. The molecule has 1 aromatic rings. The molecule has 1 aliphatic rings. The molecule has 3 nitrogen and oxygen atoms in total. The summed E-state index contributed by atoms with van der Waals surface area (Å²) in [7, 11) is 1.43. The van der Waals surface area contributed by atoms with E-state index in [1.807, 2.05) is 0 Å². The highest BCUT2D eigenvalue weighted by Crippen LogP contribution is 2.39. The van der Waals surface area contributed by atoms with Gasteiger partial charge in [-0.25, -0.2) is 4.39 Å². The second-order valence-corrected chi connectivity index (χ2v) is 3.24. The topological polar surface area (TPSA) is 44.5 Å². The van der Waals surface area contributed by atoms with Crippen LogP contribution in [-0.4, -0.2) is 13.7 Å². The third kappa shape index (κ3) is 1.32. The Hall–Kier alpha value is -1.29. The summed E-state index contributed by atoms with van der Waals surface area (Å²) in [5.74, 6) is 0.434. The molecule has 0 saturated carbocycles. The Bertz CT molecular complexity index is 354. The van der Waals surface area contributed by atoms with Crippen molar-refractivity contribution in [1.29, 1.82) is 0 Å². The van der Waals surface area contributed by atoms with Gasteiger partial charge in [0.1, 0.15) is 5.75 Å². The molecule has 0 fully saturated rings. The normalized spacial score (nSPS) is 19.8. The summed E-state index contributed by atoms with van der Waals surface area (Å²) in [5, 5.41) is 0. The summed E-state index contributed by atoms with van der Waals surface area (Å²) in [6.07, 6.45) is 0.687. The smallest absolute Gasteiger partial charge is 0.165 e. The second kappa shape index (κ2) is 3.46. The zero-order valence-corrected chi connectivity index (χ0v) is 7.92. The first-order chi connectivity index (χ1) is 6.74. The molecule has 1 aliphatic heterocycles. The lowest BCUT2D eigenvalue weighted by Crippen LogP contribution is -2.21. The Kier molecular flexibility index (Phi) is 2.29. The van der Waals surface area contributed by atoms with Crippen LogP contribution in [0.25, 0.3) is 0 Å². The number of fused-ring (bicyclic) bond motifs is 1. The maximum absolute atomic E-state index is 13.3. The van der Waals surface area contributed by atoms with Crippen molar-refractivity contribution in [1.82, 2.24) is 0 Å². The lowest BCUT2D eigenvalue weighted by molar-refractivity contribution is 0.259. The molecule has 2 N–H and O–H groups in total. The number of rotatable bonds is 1. The van der Waals surface area contributed by atoms with Gasteiger partial charge in [0.25, 0.3) is 0 Å². The van der Waals surface area contributed by atoms with E-state index in [0.717, 1.165) is 0 Å². The van der Waals surface area contributed by atoms with Crippen molar-refractivity contribution in [3.8, 4) is 11.5 Å². The minimum Gasteiger partial charge on any atom is -0.493 e. The highest BCUT2D eigenvalue weighted by atomic mass is 19.1. The van der Waals surface area contributed by atoms with E-state index in [4.69, 9.17) is 15.2 Å². The fourth-order valence-corrected chi connectivity index (χ4v) is 1.68. The highest BCUT2D eigenvalue weighted by molar-refractivity contribution is 5.48. The molecule has 0 amide bonds. The molecule has 0 saturated heterocycles. The number of hydrogen-bond donors (Lipinski definition) is 1. The van der Waals surface area contributed by atoms with Gasteiger partial charge in [0.05, 0.1) is 19.3 Å². The van der Waals surface area contributed by atoms with Crippen molar-refractivity contribution in [2.75, 3.05) is 13.7 Å². The van der Waals surface area contributed by atoms with Gasteiger partial charge in [-0.05, 0) is 12.1 Å². The van der Waals surface area contributed by atoms with Crippen molar-refractivity contribution in [2.24, 2.45) is 5.73 Å². The largest absolute Gasteiger partial charge is 0.493 e.